The summed E-state index contributed by atoms with van der Waals surface area (Å²) in [5, 5.41) is 20.6. The van der Waals surface area contributed by atoms with Gasteiger partial charge in [-0.2, -0.15) is 0 Å². The van der Waals surface area contributed by atoms with E-state index in [2.05, 4.69) is 61.0 Å². The number of likely N-dealkylation sites (N-methyl/N-ethyl adjacent to an activating group) is 4. The molecule has 3 rings (SSSR count). The van der Waals surface area contributed by atoms with Crippen LogP contribution in [0.1, 0.15) is 112 Å². The van der Waals surface area contributed by atoms with E-state index in [1.807, 2.05) is 0 Å². The Hall–Kier alpha value is -2.90. The molecular formula is C32H54N4O4. The Balaban J connectivity index is 0.000000301. The first-order valence-corrected chi connectivity index (χ1v) is 15.2. The molecule has 8 nitrogen and oxygen atoms in total. The van der Waals surface area contributed by atoms with Crippen molar-refractivity contribution in [2.45, 2.75) is 90.9 Å². The molecule has 0 saturated carbocycles. The minimum absolute atomic E-state index is 0.363. The molecule has 226 valence electrons. The molecule has 0 radical (unpaired) electrons. The number of carbonyl (C=O) groups excluding carboxylic acids is 2. The third-order valence-corrected chi connectivity index (χ3v) is 7.68. The summed E-state index contributed by atoms with van der Waals surface area (Å²) in [6.07, 6.45) is 16.4. The summed E-state index contributed by atoms with van der Waals surface area (Å²) in [4.78, 5) is 25.5. The third-order valence-electron chi connectivity index (χ3n) is 7.68. The summed E-state index contributed by atoms with van der Waals surface area (Å²) in [6.45, 7) is 9.38. The Labute approximate surface area is 243 Å². The molecule has 2 aliphatic rings. The van der Waals surface area contributed by atoms with Crippen LogP contribution in [0.25, 0.3) is 0 Å². The molecule has 2 aliphatic heterocycles. The number of aromatic carboxylic acids is 2. The lowest BCUT2D eigenvalue weighted by Crippen LogP contribution is -2.29. The second-order valence-electron chi connectivity index (χ2n) is 11.0. The molecule has 1 aromatic rings. The van der Waals surface area contributed by atoms with Gasteiger partial charge in [-0.25, -0.2) is 0 Å². The summed E-state index contributed by atoms with van der Waals surface area (Å²) in [5.74, 6) is 0.0487. The number of nitrogens with zero attached hydrogens (tertiary/aromatic N) is 4. The van der Waals surface area contributed by atoms with E-state index in [1.54, 1.807) is 11.7 Å². The average molecular weight is 559 g/mol. The highest BCUT2D eigenvalue weighted by atomic mass is 16.4. The van der Waals surface area contributed by atoms with E-state index in [9.17, 15) is 19.8 Å². The van der Waals surface area contributed by atoms with Crippen LogP contribution in [0, 0.1) is 0 Å². The molecule has 0 unspecified atom stereocenters. The first kappa shape index (κ1) is 35.1. The fourth-order valence-electron chi connectivity index (χ4n) is 5.07. The molecule has 0 N–H and O–H groups in total. The Morgan fingerprint density at radius 1 is 0.675 bits per heavy atom. The van der Waals surface area contributed by atoms with E-state index in [4.69, 9.17) is 0 Å². The predicted octanol–water partition coefficient (Wildman–Crippen LogP) is 3.08. The van der Waals surface area contributed by atoms with Crippen LogP contribution in [-0.2, 0) is 0 Å². The SMILES string of the molecule is CCCCCCCC1=[N+](C)CCN1C.CCCCCCCC1=[N+](C)CCN1C.O=C([O-])c1ccccc1C(=O)[O-]. The molecule has 0 aromatic heterocycles. The molecule has 0 aliphatic carbocycles. The maximum atomic E-state index is 10.3. The van der Waals surface area contributed by atoms with E-state index in [1.165, 1.54) is 115 Å². The van der Waals surface area contributed by atoms with Gasteiger partial charge in [0.15, 0.2) is 0 Å². The van der Waals surface area contributed by atoms with E-state index in [0.29, 0.717) is 0 Å². The van der Waals surface area contributed by atoms with Crippen molar-refractivity contribution in [1.82, 2.24) is 9.80 Å². The molecule has 0 fully saturated rings. The topological polar surface area (TPSA) is 92.8 Å². The molecule has 0 atom stereocenters. The number of benzene rings is 1. The Bertz CT molecular complexity index is 896. The molecule has 1 aromatic carbocycles. The normalized spacial score (nSPS) is 14.7. The van der Waals surface area contributed by atoms with Crippen LogP contribution in [-0.4, -0.2) is 96.9 Å². The van der Waals surface area contributed by atoms with Crippen LogP contribution in [0.5, 0.6) is 0 Å². The number of hydrogen-bond acceptors (Lipinski definition) is 6. The Kier molecular flexibility index (Phi) is 17.6. The average Bonchev–Trinajstić information content (AvgIpc) is 3.43. The van der Waals surface area contributed by atoms with Gasteiger partial charge < -0.3 is 19.8 Å². The minimum Gasteiger partial charge on any atom is -0.545 e. The van der Waals surface area contributed by atoms with E-state index >= 15 is 0 Å². The highest BCUT2D eigenvalue weighted by molar-refractivity contribution is 5.99. The third kappa shape index (κ3) is 13.0. The van der Waals surface area contributed by atoms with Gasteiger partial charge in [-0.05, 0) is 12.8 Å². The van der Waals surface area contributed by atoms with Crippen molar-refractivity contribution in [3.8, 4) is 0 Å². The van der Waals surface area contributed by atoms with Crippen molar-refractivity contribution >= 4 is 23.6 Å². The second-order valence-corrected chi connectivity index (χ2v) is 11.0. The lowest BCUT2D eigenvalue weighted by atomic mass is 10.1. The highest BCUT2D eigenvalue weighted by Crippen LogP contribution is 2.10. The maximum Gasteiger partial charge on any atom is 0.246 e. The lowest BCUT2D eigenvalue weighted by molar-refractivity contribution is -0.487. The zero-order valence-electron chi connectivity index (χ0n) is 26.0. The number of hydrogen-bond donors (Lipinski definition) is 0. The van der Waals surface area contributed by atoms with E-state index in [-0.39, 0.29) is 11.1 Å². The largest absolute Gasteiger partial charge is 0.545 e. The summed E-state index contributed by atoms with van der Waals surface area (Å²) >= 11 is 0. The van der Waals surface area contributed by atoms with Gasteiger partial charge in [0.05, 0.1) is 40.1 Å². The van der Waals surface area contributed by atoms with Crippen molar-refractivity contribution in [1.29, 1.82) is 0 Å². The molecule has 40 heavy (non-hydrogen) atoms. The van der Waals surface area contributed by atoms with Gasteiger partial charge in [0.2, 0.25) is 11.7 Å². The van der Waals surface area contributed by atoms with Crippen molar-refractivity contribution in [2.24, 2.45) is 0 Å². The first-order chi connectivity index (χ1) is 19.1. The van der Waals surface area contributed by atoms with Gasteiger partial charge in [0, 0.05) is 24.0 Å². The Morgan fingerprint density at radius 2 is 1.02 bits per heavy atom. The number of rotatable bonds is 14. The van der Waals surface area contributed by atoms with Crippen LogP contribution in [0.3, 0.4) is 0 Å². The molecule has 0 amide bonds. The fraction of sp³-hybridized carbons (Fsp3) is 0.688. The summed E-state index contributed by atoms with van der Waals surface area (Å²) in [5.41, 5.74) is -0.727. The molecule has 8 heteroatoms. The second kappa shape index (κ2) is 20.0. The Morgan fingerprint density at radius 3 is 1.30 bits per heavy atom. The highest BCUT2D eigenvalue weighted by Gasteiger charge is 2.24. The van der Waals surface area contributed by atoms with Crippen LogP contribution in [0.4, 0.5) is 0 Å². The maximum absolute atomic E-state index is 10.3. The number of amidine groups is 2. The van der Waals surface area contributed by atoms with Crippen molar-refractivity contribution in [3.63, 3.8) is 0 Å². The van der Waals surface area contributed by atoms with Crippen molar-refractivity contribution in [3.05, 3.63) is 35.4 Å². The molecule has 0 bridgehead atoms. The first-order valence-electron chi connectivity index (χ1n) is 15.2. The van der Waals surface area contributed by atoms with E-state index < -0.39 is 11.9 Å². The van der Waals surface area contributed by atoms with Crippen LogP contribution >= 0.6 is 0 Å². The van der Waals surface area contributed by atoms with Crippen LogP contribution in [0.2, 0.25) is 0 Å². The van der Waals surface area contributed by atoms with Gasteiger partial charge in [-0.3, -0.25) is 19.0 Å². The molecular weight excluding hydrogens is 504 g/mol. The van der Waals surface area contributed by atoms with Gasteiger partial charge in [-0.1, -0.05) is 89.5 Å². The molecule has 0 spiro atoms. The van der Waals surface area contributed by atoms with Crippen LogP contribution in [0.15, 0.2) is 24.3 Å². The molecule has 0 saturated heterocycles. The quantitative estimate of drug-likeness (QED) is 0.257. The van der Waals surface area contributed by atoms with Gasteiger partial charge in [0.1, 0.15) is 26.2 Å². The van der Waals surface area contributed by atoms with Crippen molar-refractivity contribution in [2.75, 3.05) is 54.4 Å². The molecule has 2 heterocycles. The van der Waals surface area contributed by atoms with Crippen LogP contribution < -0.4 is 10.2 Å². The monoisotopic (exact) mass is 558 g/mol. The number of unbranched alkanes of at least 4 members (excludes halogenated alkanes) is 8. The standard InChI is InChI=1S/2C12H25N2.C8H6O4/c2*1-4-5-6-7-8-9-12-13(2)10-11-14(12)3;9-7(10)5-3-1-2-4-6(5)8(11)12/h2*4-11H2,1-3H3;1-4H,(H,9,10)(H,11,12)/q2*+1;/p-2. The number of carbonyl (C=O) groups is 2. The van der Waals surface area contributed by atoms with Gasteiger partial charge >= 0.3 is 0 Å². The summed E-state index contributed by atoms with van der Waals surface area (Å²) in [6, 6.07) is 5.14. The smallest absolute Gasteiger partial charge is 0.246 e. The van der Waals surface area contributed by atoms with E-state index in [0.717, 1.165) is 12.1 Å². The number of carboxylic acid groups (broad SMARTS) is 2. The zero-order valence-corrected chi connectivity index (χ0v) is 26.0. The van der Waals surface area contributed by atoms with Crippen molar-refractivity contribution < 1.29 is 29.0 Å². The van der Waals surface area contributed by atoms with Gasteiger partial charge in [-0.15, -0.1) is 0 Å². The van der Waals surface area contributed by atoms with Gasteiger partial charge in [0.25, 0.3) is 0 Å². The minimum atomic E-state index is -1.52. The number of carboxylic acids is 2. The summed E-state index contributed by atoms with van der Waals surface area (Å²) in [7, 11) is 8.85. The lowest BCUT2D eigenvalue weighted by Gasteiger charge is -2.09. The summed E-state index contributed by atoms with van der Waals surface area (Å²) < 4.78 is 4.81. The predicted molar refractivity (Wildman–Crippen MR) is 159 cm³/mol. The zero-order chi connectivity index (χ0) is 29.9. The fourth-order valence-corrected chi connectivity index (χ4v) is 5.07.